The van der Waals surface area contributed by atoms with Gasteiger partial charge in [-0.1, -0.05) is 6.07 Å². The van der Waals surface area contributed by atoms with Gasteiger partial charge in [0.25, 0.3) is 0 Å². The Balaban J connectivity index is 1.80. The lowest BCUT2D eigenvalue weighted by Crippen LogP contribution is -2.31. The summed E-state index contributed by atoms with van der Waals surface area (Å²) in [5, 5.41) is 1.07. The van der Waals surface area contributed by atoms with Gasteiger partial charge in [-0.2, -0.15) is 0 Å². The molecule has 4 heteroatoms. The standard InChI is InChI=1S/C20H22FN3/c1-14-20-17-12-16(21)5-6-18(17)24(19(20)8-10-23(14)2)11-7-15-4-3-9-22-13-15/h3-6,9,12-14H,7-8,10-11H2,1-2H3. The van der Waals surface area contributed by atoms with Crippen molar-refractivity contribution in [1.29, 1.82) is 0 Å². The van der Waals surface area contributed by atoms with Gasteiger partial charge in [-0.15, -0.1) is 0 Å². The second-order valence-electron chi connectivity index (χ2n) is 6.69. The van der Waals surface area contributed by atoms with Crippen LogP contribution >= 0.6 is 0 Å². The van der Waals surface area contributed by atoms with Crippen LogP contribution in [-0.2, 0) is 19.4 Å². The number of hydrogen-bond donors (Lipinski definition) is 0. The van der Waals surface area contributed by atoms with Gasteiger partial charge in [0.1, 0.15) is 5.82 Å². The number of hydrogen-bond acceptors (Lipinski definition) is 2. The third-order valence-electron chi connectivity index (χ3n) is 5.30. The number of nitrogens with zero attached hydrogens (tertiary/aromatic N) is 3. The molecule has 0 bridgehead atoms. The molecule has 1 aliphatic rings. The van der Waals surface area contributed by atoms with E-state index < -0.39 is 0 Å². The number of aromatic nitrogens is 2. The van der Waals surface area contributed by atoms with Gasteiger partial charge >= 0.3 is 0 Å². The summed E-state index contributed by atoms with van der Waals surface area (Å²) in [6.07, 6.45) is 5.68. The molecule has 3 heterocycles. The van der Waals surface area contributed by atoms with E-state index >= 15 is 0 Å². The SMILES string of the molecule is CC1c2c(n(CCc3cccnc3)c3ccc(F)cc23)CCN1C. The molecule has 4 rings (SSSR count). The maximum atomic E-state index is 13.9. The van der Waals surface area contributed by atoms with Gasteiger partial charge in [0.15, 0.2) is 0 Å². The Morgan fingerprint density at radius 1 is 1.29 bits per heavy atom. The number of halogens is 1. The Morgan fingerprint density at radius 2 is 2.17 bits per heavy atom. The zero-order valence-corrected chi connectivity index (χ0v) is 14.2. The summed E-state index contributed by atoms with van der Waals surface area (Å²) in [5.74, 6) is -0.157. The molecule has 0 spiro atoms. The Morgan fingerprint density at radius 3 is 2.96 bits per heavy atom. The molecule has 1 aliphatic heterocycles. The fourth-order valence-corrected chi connectivity index (χ4v) is 3.88. The molecule has 0 fully saturated rings. The number of benzene rings is 1. The average Bonchev–Trinajstić information content (AvgIpc) is 2.90. The largest absolute Gasteiger partial charge is 0.344 e. The smallest absolute Gasteiger partial charge is 0.123 e. The maximum Gasteiger partial charge on any atom is 0.123 e. The lowest BCUT2D eigenvalue weighted by atomic mass is 9.97. The first kappa shape index (κ1) is 15.3. The lowest BCUT2D eigenvalue weighted by molar-refractivity contribution is 0.245. The van der Waals surface area contributed by atoms with Crippen molar-refractivity contribution in [1.82, 2.24) is 14.5 Å². The molecule has 124 valence electrons. The van der Waals surface area contributed by atoms with E-state index in [1.54, 1.807) is 18.3 Å². The van der Waals surface area contributed by atoms with Crippen LogP contribution in [0.5, 0.6) is 0 Å². The second-order valence-corrected chi connectivity index (χ2v) is 6.69. The molecule has 0 N–H and O–H groups in total. The average molecular weight is 323 g/mol. The Hall–Kier alpha value is -2.20. The van der Waals surface area contributed by atoms with E-state index in [1.807, 2.05) is 18.3 Å². The molecule has 0 radical (unpaired) electrons. The fraction of sp³-hybridized carbons (Fsp3) is 0.350. The Labute approximate surface area is 141 Å². The van der Waals surface area contributed by atoms with Crippen LogP contribution in [0.25, 0.3) is 10.9 Å². The van der Waals surface area contributed by atoms with Crippen LogP contribution in [0.15, 0.2) is 42.7 Å². The first-order chi connectivity index (χ1) is 11.6. The molecule has 3 aromatic rings. The normalized spacial score (nSPS) is 18.0. The molecule has 0 aliphatic carbocycles. The van der Waals surface area contributed by atoms with Crippen molar-refractivity contribution < 1.29 is 4.39 Å². The number of aryl methyl sites for hydroxylation is 2. The second kappa shape index (κ2) is 6.02. The zero-order valence-electron chi connectivity index (χ0n) is 14.2. The van der Waals surface area contributed by atoms with Gasteiger partial charge < -0.3 is 4.57 Å². The van der Waals surface area contributed by atoms with E-state index in [-0.39, 0.29) is 5.82 Å². The summed E-state index contributed by atoms with van der Waals surface area (Å²) in [6, 6.07) is 9.61. The lowest BCUT2D eigenvalue weighted by Gasteiger charge is -2.31. The van der Waals surface area contributed by atoms with Crippen molar-refractivity contribution in [3.63, 3.8) is 0 Å². The topological polar surface area (TPSA) is 21.1 Å². The summed E-state index contributed by atoms with van der Waals surface area (Å²) in [7, 11) is 2.14. The molecule has 1 unspecified atom stereocenters. The van der Waals surface area contributed by atoms with Crippen molar-refractivity contribution in [2.24, 2.45) is 0 Å². The maximum absolute atomic E-state index is 13.9. The summed E-state index contributed by atoms with van der Waals surface area (Å²) in [5.41, 5.74) is 5.04. The van der Waals surface area contributed by atoms with Gasteiger partial charge in [0.05, 0.1) is 0 Å². The Bertz CT molecular complexity index is 869. The highest BCUT2D eigenvalue weighted by atomic mass is 19.1. The van der Waals surface area contributed by atoms with Crippen LogP contribution in [0, 0.1) is 5.82 Å². The van der Waals surface area contributed by atoms with Crippen LogP contribution in [0.3, 0.4) is 0 Å². The van der Waals surface area contributed by atoms with E-state index in [1.165, 1.54) is 16.8 Å². The monoisotopic (exact) mass is 323 g/mol. The Kier molecular flexibility index (Phi) is 3.85. The minimum Gasteiger partial charge on any atom is -0.344 e. The summed E-state index contributed by atoms with van der Waals surface area (Å²) in [6.45, 7) is 4.16. The molecular weight excluding hydrogens is 301 g/mol. The zero-order chi connectivity index (χ0) is 16.7. The van der Waals surface area contributed by atoms with Crippen LogP contribution in [0.2, 0.25) is 0 Å². The number of fused-ring (bicyclic) bond motifs is 3. The molecule has 0 amide bonds. The van der Waals surface area contributed by atoms with Gasteiger partial charge in [0, 0.05) is 54.5 Å². The van der Waals surface area contributed by atoms with E-state index in [0.717, 1.165) is 36.8 Å². The highest BCUT2D eigenvalue weighted by Crippen LogP contribution is 2.37. The van der Waals surface area contributed by atoms with Gasteiger partial charge in [-0.25, -0.2) is 4.39 Å². The highest BCUT2D eigenvalue weighted by molar-refractivity contribution is 5.86. The minimum absolute atomic E-state index is 0.157. The molecule has 2 aromatic heterocycles. The summed E-state index contributed by atoms with van der Waals surface area (Å²) in [4.78, 5) is 6.55. The van der Waals surface area contributed by atoms with Crippen molar-refractivity contribution >= 4 is 10.9 Å². The minimum atomic E-state index is -0.157. The number of likely N-dealkylation sites (N-methyl/N-ethyl adjacent to an activating group) is 1. The summed E-state index contributed by atoms with van der Waals surface area (Å²) >= 11 is 0. The van der Waals surface area contributed by atoms with Crippen molar-refractivity contribution in [3.8, 4) is 0 Å². The predicted octanol–water partition coefficient (Wildman–Crippen LogP) is 3.97. The molecule has 24 heavy (non-hydrogen) atoms. The van der Waals surface area contributed by atoms with Crippen molar-refractivity contribution in [2.75, 3.05) is 13.6 Å². The first-order valence-electron chi connectivity index (χ1n) is 8.55. The first-order valence-corrected chi connectivity index (χ1v) is 8.55. The van der Waals surface area contributed by atoms with E-state index in [9.17, 15) is 4.39 Å². The quantitative estimate of drug-likeness (QED) is 0.727. The molecule has 1 aromatic carbocycles. The van der Waals surface area contributed by atoms with Crippen LogP contribution in [-0.4, -0.2) is 28.0 Å². The number of pyridine rings is 1. The van der Waals surface area contributed by atoms with Gasteiger partial charge in [-0.05, 0) is 55.8 Å². The summed E-state index contributed by atoms with van der Waals surface area (Å²) < 4.78 is 16.2. The third-order valence-corrected chi connectivity index (χ3v) is 5.30. The predicted molar refractivity (Wildman–Crippen MR) is 94.6 cm³/mol. The fourth-order valence-electron chi connectivity index (χ4n) is 3.88. The van der Waals surface area contributed by atoms with Gasteiger partial charge in [-0.3, -0.25) is 9.88 Å². The van der Waals surface area contributed by atoms with Crippen LogP contribution in [0.1, 0.15) is 29.8 Å². The van der Waals surface area contributed by atoms with Crippen molar-refractivity contribution in [3.05, 3.63) is 65.4 Å². The van der Waals surface area contributed by atoms with Crippen molar-refractivity contribution in [2.45, 2.75) is 32.4 Å². The molecule has 0 saturated heterocycles. The van der Waals surface area contributed by atoms with Crippen LogP contribution < -0.4 is 0 Å². The third kappa shape index (κ3) is 2.51. The van der Waals surface area contributed by atoms with Crippen LogP contribution in [0.4, 0.5) is 4.39 Å². The molecule has 0 saturated carbocycles. The van der Waals surface area contributed by atoms with E-state index in [2.05, 4.69) is 34.5 Å². The van der Waals surface area contributed by atoms with Gasteiger partial charge in [0.2, 0.25) is 0 Å². The van der Waals surface area contributed by atoms with E-state index in [0.29, 0.717) is 6.04 Å². The highest BCUT2D eigenvalue weighted by Gasteiger charge is 2.27. The molecule has 1 atom stereocenters. The number of rotatable bonds is 3. The molecule has 3 nitrogen and oxygen atoms in total. The molecular formula is C20H22FN3. The van der Waals surface area contributed by atoms with E-state index in [4.69, 9.17) is 0 Å².